The topological polar surface area (TPSA) is 164 Å². The van der Waals surface area contributed by atoms with Crippen molar-refractivity contribution in [2.75, 3.05) is 6.16 Å². The molecule has 0 spiro atoms. The van der Waals surface area contributed by atoms with E-state index in [1.54, 1.807) is 60.8 Å². The van der Waals surface area contributed by atoms with Crippen LogP contribution in [-0.2, 0) is 38.3 Å². The van der Waals surface area contributed by atoms with Gasteiger partial charge in [0, 0.05) is 35.5 Å². The molecule has 6 N–H and O–H groups in total. The molecule has 0 aliphatic heterocycles. The first-order valence-corrected chi connectivity index (χ1v) is 15.2. The fourth-order valence-electron chi connectivity index (χ4n) is 4.49. The Morgan fingerprint density at radius 1 is 0.905 bits per heavy atom. The molecular formula is C31H33N4O6P. The molecule has 0 bridgehead atoms. The summed E-state index contributed by atoms with van der Waals surface area (Å²) in [5.41, 5.74) is 8.43. The van der Waals surface area contributed by atoms with Crippen molar-refractivity contribution in [1.29, 1.82) is 0 Å². The number of amides is 3. The molecule has 3 atom stereocenters. The van der Waals surface area contributed by atoms with E-state index < -0.39 is 43.3 Å². The number of aromatic nitrogens is 1. The molecule has 0 fully saturated rings. The van der Waals surface area contributed by atoms with Gasteiger partial charge in [0.2, 0.25) is 19.2 Å². The molecule has 11 heteroatoms. The van der Waals surface area contributed by atoms with E-state index in [0.717, 1.165) is 22.0 Å². The Morgan fingerprint density at radius 2 is 1.52 bits per heavy atom. The van der Waals surface area contributed by atoms with E-state index in [9.17, 15) is 23.8 Å². The number of rotatable bonds is 13. The van der Waals surface area contributed by atoms with Crippen molar-refractivity contribution in [3.8, 4) is 0 Å². The van der Waals surface area contributed by atoms with Crippen molar-refractivity contribution in [2.45, 2.75) is 31.3 Å². The Kier molecular flexibility index (Phi) is 9.96. The molecule has 0 saturated carbocycles. The van der Waals surface area contributed by atoms with Crippen LogP contribution in [0.15, 0.2) is 103 Å². The largest absolute Gasteiger partial charge is 0.445 e. The van der Waals surface area contributed by atoms with E-state index in [0.29, 0.717) is 5.56 Å². The Labute approximate surface area is 243 Å². The van der Waals surface area contributed by atoms with E-state index in [-0.39, 0.29) is 25.0 Å². The normalized spacial score (nSPS) is 13.8. The summed E-state index contributed by atoms with van der Waals surface area (Å²) in [6, 6.07) is 24.3. The minimum absolute atomic E-state index is 0.00836. The van der Waals surface area contributed by atoms with Gasteiger partial charge in [-0.15, -0.1) is 0 Å². The maximum Gasteiger partial charge on any atom is 0.408 e. The molecule has 0 saturated heterocycles. The minimum atomic E-state index is -4.28. The van der Waals surface area contributed by atoms with Gasteiger partial charge in [0.05, 0.1) is 6.16 Å². The van der Waals surface area contributed by atoms with Gasteiger partial charge in [0.15, 0.2) is 0 Å². The van der Waals surface area contributed by atoms with Crippen LogP contribution in [0.2, 0.25) is 0 Å². The van der Waals surface area contributed by atoms with Crippen LogP contribution in [0.3, 0.4) is 0 Å². The molecule has 218 valence electrons. The van der Waals surface area contributed by atoms with Crippen LogP contribution in [0.4, 0.5) is 4.79 Å². The first kappa shape index (κ1) is 30.3. The third-order valence-corrected chi connectivity index (χ3v) is 8.86. The van der Waals surface area contributed by atoms with Gasteiger partial charge in [0.25, 0.3) is 0 Å². The number of benzene rings is 3. The van der Waals surface area contributed by atoms with Crippen LogP contribution in [0.5, 0.6) is 0 Å². The summed E-state index contributed by atoms with van der Waals surface area (Å²) >= 11 is 0. The first-order chi connectivity index (χ1) is 20.1. The zero-order chi connectivity index (χ0) is 30.1. The van der Waals surface area contributed by atoms with Crippen LogP contribution in [-0.4, -0.2) is 45.8 Å². The second kappa shape index (κ2) is 13.8. The van der Waals surface area contributed by atoms with Gasteiger partial charge in [-0.05, 0) is 22.8 Å². The van der Waals surface area contributed by atoms with Crippen LogP contribution in [0, 0.1) is 0 Å². The predicted octanol–water partition coefficient (Wildman–Crippen LogP) is 4.00. The van der Waals surface area contributed by atoms with E-state index in [4.69, 9.17) is 10.5 Å². The minimum Gasteiger partial charge on any atom is -0.445 e. The van der Waals surface area contributed by atoms with Crippen molar-refractivity contribution in [1.82, 2.24) is 15.6 Å². The second-order valence-corrected chi connectivity index (χ2v) is 12.4. The van der Waals surface area contributed by atoms with Crippen molar-refractivity contribution in [3.63, 3.8) is 0 Å². The van der Waals surface area contributed by atoms with Crippen molar-refractivity contribution < 1.29 is 28.6 Å². The van der Waals surface area contributed by atoms with E-state index in [1.807, 2.05) is 30.3 Å². The number of hydrogen-bond donors (Lipinski definition) is 5. The summed E-state index contributed by atoms with van der Waals surface area (Å²) < 4.78 is 18.9. The number of alkyl carbamates (subject to hydrolysis) is 1. The summed E-state index contributed by atoms with van der Waals surface area (Å²) in [4.78, 5) is 52.1. The molecule has 0 aliphatic rings. The van der Waals surface area contributed by atoms with Crippen LogP contribution in [0.25, 0.3) is 10.9 Å². The second-order valence-electron chi connectivity index (χ2n) is 9.92. The summed E-state index contributed by atoms with van der Waals surface area (Å²) in [5.74, 6) is -2.83. The molecule has 3 amide bonds. The van der Waals surface area contributed by atoms with Gasteiger partial charge in [-0.3, -0.25) is 14.2 Å². The predicted molar refractivity (Wildman–Crippen MR) is 161 cm³/mol. The van der Waals surface area contributed by atoms with Gasteiger partial charge in [-0.25, -0.2) is 4.79 Å². The fraction of sp³-hybridized carbons (Fsp3) is 0.194. The number of carbonyl (C=O) groups is 3. The highest BCUT2D eigenvalue weighted by Crippen LogP contribution is 2.47. The van der Waals surface area contributed by atoms with Crippen LogP contribution >= 0.6 is 7.37 Å². The number of aromatic amines is 1. The number of fused-ring (bicyclic) bond motifs is 1. The van der Waals surface area contributed by atoms with E-state index in [2.05, 4.69) is 22.2 Å². The standard InChI is InChI=1S/C31H33N4O6P/c1-21(30(37)34-27(29(32)36)17-24-18-33-26-15-9-8-14-25(24)26)20-42(39,40)28(16-22-10-4-2-5-11-22)35-31(38)41-19-23-12-6-3-7-13-23/h2-15,18,27-28,33H,1,16-17,19-20H2,(H2,32,36)(H,34,37)(H,35,38)(H,39,40). The van der Waals surface area contributed by atoms with Crippen LogP contribution < -0.4 is 16.4 Å². The number of nitrogens with one attached hydrogen (secondary N) is 3. The maximum absolute atomic E-state index is 13.6. The molecule has 1 heterocycles. The SMILES string of the molecule is C=C(CP(=O)(O)C(Cc1ccccc1)NC(=O)OCc1ccccc1)C(=O)NC(Cc1c[nH]c2ccccc12)C(N)=O. The van der Waals surface area contributed by atoms with E-state index in [1.165, 1.54) is 0 Å². The highest BCUT2D eigenvalue weighted by atomic mass is 31.2. The summed E-state index contributed by atoms with van der Waals surface area (Å²) in [6.45, 7) is 3.67. The number of carbonyl (C=O) groups excluding carboxylic acids is 3. The molecule has 10 nitrogen and oxygen atoms in total. The average molecular weight is 589 g/mol. The van der Waals surface area contributed by atoms with Crippen molar-refractivity contribution in [3.05, 3.63) is 120 Å². The van der Waals surface area contributed by atoms with E-state index >= 15 is 0 Å². The smallest absolute Gasteiger partial charge is 0.408 e. The highest BCUT2D eigenvalue weighted by molar-refractivity contribution is 7.59. The quantitative estimate of drug-likeness (QED) is 0.117. The number of hydrogen-bond acceptors (Lipinski definition) is 5. The van der Waals surface area contributed by atoms with Crippen molar-refractivity contribution in [2.24, 2.45) is 5.73 Å². The lowest BCUT2D eigenvalue weighted by Crippen LogP contribution is -2.46. The van der Waals surface area contributed by atoms with Crippen molar-refractivity contribution >= 4 is 36.2 Å². The molecule has 0 aliphatic carbocycles. The summed E-state index contributed by atoms with van der Waals surface area (Å²) in [5, 5.41) is 5.92. The molecule has 1 aromatic heterocycles. The van der Waals surface area contributed by atoms with Gasteiger partial charge >= 0.3 is 6.09 Å². The zero-order valence-corrected chi connectivity index (χ0v) is 23.8. The zero-order valence-electron chi connectivity index (χ0n) is 22.9. The number of H-pyrrole nitrogens is 1. The maximum atomic E-state index is 13.6. The number of primary amides is 1. The van der Waals surface area contributed by atoms with Gasteiger partial charge in [-0.1, -0.05) is 85.4 Å². The molecule has 0 radical (unpaired) electrons. The Balaban J connectivity index is 1.43. The number of nitrogens with two attached hydrogens (primary N) is 1. The number of ether oxygens (including phenoxy) is 1. The molecule has 42 heavy (non-hydrogen) atoms. The molecular weight excluding hydrogens is 555 g/mol. The summed E-state index contributed by atoms with van der Waals surface area (Å²) in [6.07, 6.45) is 0.347. The molecule has 3 unspecified atom stereocenters. The monoisotopic (exact) mass is 588 g/mol. The molecule has 3 aromatic carbocycles. The lowest BCUT2D eigenvalue weighted by atomic mass is 10.0. The van der Waals surface area contributed by atoms with Gasteiger partial charge in [0.1, 0.15) is 18.4 Å². The fourth-order valence-corrected chi connectivity index (χ4v) is 6.21. The third-order valence-electron chi connectivity index (χ3n) is 6.74. The Hall–Kier alpha value is -4.66. The Bertz CT molecular complexity index is 1610. The molecule has 4 aromatic rings. The van der Waals surface area contributed by atoms with Crippen LogP contribution in [0.1, 0.15) is 16.7 Å². The highest BCUT2D eigenvalue weighted by Gasteiger charge is 2.35. The number of para-hydroxylation sites is 1. The third kappa shape index (κ3) is 8.19. The first-order valence-electron chi connectivity index (χ1n) is 13.3. The Morgan fingerprint density at radius 3 is 2.19 bits per heavy atom. The van der Waals surface area contributed by atoms with Gasteiger partial charge < -0.3 is 31.0 Å². The lowest BCUT2D eigenvalue weighted by Gasteiger charge is -2.25. The van der Waals surface area contributed by atoms with Gasteiger partial charge in [-0.2, -0.15) is 0 Å². The molecule has 4 rings (SSSR count). The average Bonchev–Trinajstić information content (AvgIpc) is 3.39. The summed E-state index contributed by atoms with van der Waals surface area (Å²) in [7, 11) is -4.28. The lowest BCUT2D eigenvalue weighted by molar-refractivity contribution is -0.125.